The molecule has 0 saturated carbocycles. The number of aromatic nitrogens is 2. The van der Waals surface area contributed by atoms with Crippen molar-refractivity contribution in [3.8, 4) is 5.75 Å². The molecule has 0 bridgehead atoms. The van der Waals surface area contributed by atoms with Crippen molar-refractivity contribution >= 4 is 15.9 Å². The van der Waals surface area contributed by atoms with Crippen LogP contribution in [-0.4, -0.2) is 9.78 Å². The van der Waals surface area contributed by atoms with E-state index in [0.717, 1.165) is 22.3 Å². The van der Waals surface area contributed by atoms with Gasteiger partial charge in [-0.25, -0.2) is 4.39 Å². The molecule has 21 heavy (non-hydrogen) atoms. The molecular weight excluding hydrogens is 337 g/mol. The van der Waals surface area contributed by atoms with E-state index in [-0.39, 0.29) is 11.9 Å². The van der Waals surface area contributed by atoms with Crippen LogP contribution in [0.5, 0.6) is 5.75 Å². The normalized spacial score (nSPS) is 12.5. The Balaban J connectivity index is 2.13. The number of nitrogens with two attached hydrogens (primary N) is 1. The topological polar surface area (TPSA) is 53.1 Å². The van der Waals surface area contributed by atoms with Gasteiger partial charge in [-0.1, -0.05) is 13.0 Å². The summed E-state index contributed by atoms with van der Waals surface area (Å²) in [6.45, 7) is 4.11. The largest absolute Gasteiger partial charge is 0.487 e. The zero-order chi connectivity index (χ0) is 15.6. The molecule has 1 aromatic heterocycles. The highest BCUT2D eigenvalue weighted by Crippen LogP contribution is 2.25. The molecule has 1 atom stereocenters. The Kier molecular flexibility index (Phi) is 5.00. The minimum atomic E-state index is -0.346. The fourth-order valence-corrected chi connectivity index (χ4v) is 2.83. The summed E-state index contributed by atoms with van der Waals surface area (Å²) >= 11 is 3.53. The second kappa shape index (κ2) is 6.58. The molecule has 0 spiro atoms. The second-order valence-electron chi connectivity index (χ2n) is 4.95. The molecule has 0 aliphatic rings. The number of benzene rings is 1. The van der Waals surface area contributed by atoms with Gasteiger partial charge in [0.1, 0.15) is 18.2 Å². The van der Waals surface area contributed by atoms with E-state index in [1.165, 1.54) is 6.07 Å². The number of hydrogen-bond donors (Lipinski definition) is 1. The van der Waals surface area contributed by atoms with Crippen molar-refractivity contribution in [1.29, 1.82) is 0 Å². The van der Waals surface area contributed by atoms with Crippen molar-refractivity contribution in [2.45, 2.75) is 32.9 Å². The Morgan fingerprint density at radius 3 is 2.71 bits per heavy atom. The highest BCUT2D eigenvalue weighted by Gasteiger charge is 2.14. The fraction of sp³-hybridized carbons (Fsp3) is 0.400. The molecule has 0 aliphatic heterocycles. The number of ether oxygens (including phenoxy) is 1. The van der Waals surface area contributed by atoms with E-state index in [2.05, 4.69) is 21.0 Å². The van der Waals surface area contributed by atoms with Crippen LogP contribution in [0, 0.1) is 5.82 Å². The van der Waals surface area contributed by atoms with Crippen LogP contribution < -0.4 is 10.5 Å². The van der Waals surface area contributed by atoms with Crippen LogP contribution in [0.25, 0.3) is 0 Å². The van der Waals surface area contributed by atoms with Crippen molar-refractivity contribution < 1.29 is 9.13 Å². The zero-order valence-corrected chi connectivity index (χ0v) is 13.9. The lowest BCUT2D eigenvalue weighted by Gasteiger charge is -2.11. The lowest BCUT2D eigenvalue weighted by Crippen LogP contribution is -2.08. The summed E-state index contributed by atoms with van der Waals surface area (Å²) in [4.78, 5) is 0. The monoisotopic (exact) mass is 355 g/mol. The van der Waals surface area contributed by atoms with E-state index in [4.69, 9.17) is 10.5 Å². The van der Waals surface area contributed by atoms with Crippen LogP contribution in [0.1, 0.15) is 36.8 Å². The van der Waals surface area contributed by atoms with E-state index in [1.54, 1.807) is 23.7 Å². The van der Waals surface area contributed by atoms with Crippen LogP contribution in [0.15, 0.2) is 22.7 Å². The maximum atomic E-state index is 13.9. The first-order valence-electron chi connectivity index (χ1n) is 6.82. The molecule has 2 N–H and O–H groups in total. The number of aryl methyl sites for hydroxylation is 2. The summed E-state index contributed by atoms with van der Waals surface area (Å²) in [5.74, 6) is 0.129. The number of hydrogen-bond acceptors (Lipinski definition) is 3. The van der Waals surface area contributed by atoms with Gasteiger partial charge >= 0.3 is 0 Å². The minimum absolute atomic E-state index is 0.320. The number of halogens is 2. The van der Waals surface area contributed by atoms with Crippen molar-refractivity contribution in [3.05, 3.63) is 45.4 Å². The van der Waals surface area contributed by atoms with E-state index < -0.39 is 0 Å². The Hall–Kier alpha value is -1.40. The number of rotatable bonds is 5. The van der Waals surface area contributed by atoms with Gasteiger partial charge in [0.15, 0.2) is 0 Å². The maximum absolute atomic E-state index is 13.9. The summed E-state index contributed by atoms with van der Waals surface area (Å²) in [5, 5.41) is 4.39. The Morgan fingerprint density at radius 2 is 2.19 bits per heavy atom. The number of nitrogens with zero attached hydrogens (tertiary/aromatic N) is 2. The van der Waals surface area contributed by atoms with Crippen LogP contribution in [0.4, 0.5) is 4.39 Å². The third kappa shape index (κ3) is 3.44. The van der Waals surface area contributed by atoms with E-state index in [0.29, 0.717) is 17.9 Å². The van der Waals surface area contributed by atoms with Gasteiger partial charge in [0.25, 0.3) is 0 Å². The molecule has 0 fully saturated rings. The lowest BCUT2D eigenvalue weighted by molar-refractivity contribution is 0.292. The van der Waals surface area contributed by atoms with Gasteiger partial charge in [0.2, 0.25) is 0 Å². The molecule has 2 aromatic rings. The molecule has 0 unspecified atom stereocenters. The predicted molar refractivity (Wildman–Crippen MR) is 83.6 cm³/mol. The van der Waals surface area contributed by atoms with Crippen LogP contribution in [0.3, 0.4) is 0 Å². The molecule has 0 radical (unpaired) electrons. The standard InChI is InChI=1S/C15H19BrFN3O/c1-4-13-15(16)14(20(3)19-13)8-21-10-5-6-11(9(2)18)12(17)7-10/h5-7,9H,4,8,18H2,1-3H3/t9-/m0/s1. The molecule has 1 aromatic carbocycles. The van der Waals surface area contributed by atoms with Gasteiger partial charge in [-0.2, -0.15) is 5.10 Å². The minimum Gasteiger partial charge on any atom is -0.487 e. The zero-order valence-electron chi connectivity index (χ0n) is 12.4. The molecule has 4 nitrogen and oxygen atoms in total. The van der Waals surface area contributed by atoms with Crippen LogP contribution in [0.2, 0.25) is 0 Å². The summed E-state index contributed by atoms with van der Waals surface area (Å²) in [5.41, 5.74) is 8.07. The summed E-state index contributed by atoms with van der Waals surface area (Å²) in [6, 6.07) is 4.42. The smallest absolute Gasteiger partial charge is 0.131 e. The van der Waals surface area contributed by atoms with Crippen molar-refractivity contribution in [3.63, 3.8) is 0 Å². The summed E-state index contributed by atoms with van der Waals surface area (Å²) in [7, 11) is 1.86. The quantitative estimate of drug-likeness (QED) is 0.892. The molecule has 6 heteroatoms. The van der Waals surface area contributed by atoms with Gasteiger partial charge in [0, 0.05) is 24.7 Å². The van der Waals surface area contributed by atoms with Crippen molar-refractivity contribution in [1.82, 2.24) is 9.78 Å². The Morgan fingerprint density at radius 1 is 1.48 bits per heavy atom. The van der Waals surface area contributed by atoms with Gasteiger partial charge in [-0.3, -0.25) is 4.68 Å². The van der Waals surface area contributed by atoms with Crippen LogP contribution >= 0.6 is 15.9 Å². The van der Waals surface area contributed by atoms with E-state index >= 15 is 0 Å². The molecule has 2 rings (SSSR count). The van der Waals surface area contributed by atoms with Gasteiger partial charge in [-0.05, 0) is 35.3 Å². The molecule has 114 valence electrons. The van der Waals surface area contributed by atoms with Gasteiger partial charge in [0.05, 0.1) is 15.9 Å². The molecule has 0 aliphatic carbocycles. The Bertz CT molecular complexity index is 640. The van der Waals surface area contributed by atoms with Crippen molar-refractivity contribution in [2.75, 3.05) is 0 Å². The fourth-order valence-electron chi connectivity index (χ4n) is 2.10. The molecule has 0 amide bonds. The lowest BCUT2D eigenvalue weighted by atomic mass is 10.1. The maximum Gasteiger partial charge on any atom is 0.131 e. The van der Waals surface area contributed by atoms with Crippen molar-refractivity contribution in [2.24, 2.45) is 12.8 Å². The van der Waals surface area contributed by atoms with E-state index in [1.807, 2.05) is 14.0 Å². The first kappa shape index (κ1) is 16.0. The van der Waals surface area contributed by atoms with Gasteiger partial charge in [-0.15, -0.1) is 0 Å². The van der Waals surface area contributed by atoms with Crippen LogP contribution in [-0.2, 0) is 20.1 Å². The third-order valence-electron chi connectivity index (χ3n) is 3.34. The molecule has 0 saturated heterocycles. The molecular formula is C15H19BrFN3O. The average molecular weight is 356 g/mol. The average Bonchev–Trinajstić information content (AvgIpc) is 2.71. The van der Waals surface area contributed by atoms with E-state index in [9.17, 15) is 4.39 Å². The summed E-state index contributed by atoms with van der Waals surface area (Å²) in [6.07, 6.45) is 0.839. The summed E-state index contributed by atoms with van der Waals surface area (Å²) < 4.78 is 22.2. The highest BCUT2D eigenvalue weighted by molar-refractivity contribution is 9.10. The second-order valence-corrected chi connectivity index (χ2v) is 5.74. The van der Waals surface area contributed by atoms with Gasteiger partial charge < -0.3 is 10.5 Å². The predicted octanol–water partition coefficient (Wildman–Crippen LogP) is 3.48. The first-order valence-corrected chi connectivity index (χ1v) is 7.61. The first-order chi connectivity index (χ1) is 9.93. The molecule has 1 heterocycles. The Labute approximate surface area is 132 Å². The third-order valence-corrected chi connectivity index (χ3v) is 4.26. The highest BCUT2D eigenvalue weighted by atomic mass is 79.9. The SMILES string of the molecule is CCc1nn(C)c(COc2ccc([C@H](C)N)c(F)c2)c1Br.